The highest BCUT2D eigenvalue weighted by Gasteiger charge is 2.20. The molecule has 1 unspecified atom stereocenters. The van der Waals surface area contributed by atoms with Crippen molar-refractivity contribution in [1.29, 1.82) is 0 Å². The number of anilines is 1. The van der Waals surface area contributed by atoms with Crippen LogP contribution in [-0.2, 0) is 16.1 Å². The summed E-state index contributed by atoms with van der Waals surface area (Å²) >= 11 is 7.27. The van der Waals surface area contributed by atoms with E-state index in [4.69, 9.17) is 21.1 Å². The summed E-state index contributed by atoms with van der Waals surface area (Å²) in [6.45, 7) is 2.11. The molecule has 2 rings (SSSR count). The smallest absolute Gasteiger partial charge is 0.251 e. The Morgan fingerprint density at radius 3 is 2.77 bits per heavy atom. The second-order valence-electron chi connectivity index (χ2n) is 5.33. The van der Waals surface area contributed by atoms with Crippen LogP contribution in [0.2, 0.25) is 5.02 Å². The molecular weight excluding hydrogens is 378 g/mol. The first-order valence-electron chi connectivity index (χ1n) is 7.87. The molecule has 2 N–H and O–H groups in total. The molecule has 9 heteroatoms. The molecule has 1 aromatic heterocycles. The van der Waals surface area contributed by atoms with Crippen molar-refractivity contribution in [3.8, 4) is 5.75 Å². The topological polar surface area (TPSA) is 93.3 Å². The van der Waals surface area contributed by atoms with Gasteiger partial charge in [0.25, 0.3) is 5.56 Å². The third-order valence-corrected chi connectivity index (χ3v) is 4.95. The highest BCUT2D eigenvalue weighted by molar-refractivity contribution is 8.00. The maximum Gasteiger partial charge on any atom is 0.251 e. The van der Waals surface area contributed by atoms with Gasteiger partial charge in [0, 0.05) is 18.9 Å². The number of nitrogens with one attached hydrogen (secondary N) is 2. The minimum absolute atomic E-state index is 0.210. The number of aromatic amines is 1. The van der Waals surface area contributed by atoms with Gasteiger partial charge >= 0.3 is 0 Å². The normalized spacial score (nSPS) is 11.8. The van der Waals surface area contributed by atoms with Crippen LogP contribution >= 0.6 is 23.4 Å². The number of methoxy groups -OCH3 is 2. The summed E-state index contributed by atoms with van der Waals surface area (Å²) in [5.41, 5.74) is 0.789. The van der Waals surface area contributed by atoms with Gasteiger partial charge in [0.1, 0.15) is 5.75 Å². The van der Waals surface area contributed by atoms with E-state index in [9.17, 15) is 9.59 Å². The number of thioether (sulfide) groups is 1. The lowest BCUT2D eigenvalue weighted by molar-refractivity contribution is -0.115. The number of carbonyl (C=O) groups is 1. The maximum absolute atomic E-state index is 12.6. The van der Waals surface area contributed by atoms with Crippen LogP contribution in [0.1, 0.15) is 19.0 Å². The van der Waals surface area contributed by atoms with E-state index < -0.39 is 5.25 Å². The van der Waals surface area contributed by atoms with E-state index in [0.717, 1.165) is 0 Å². The number of halogens is 1. The third-order valence-electron chi connectivity index (χ3n) is 3.40. The van der Waals surface area contributed by atoms with Gasteiger partial charge in [-0.2, -0.15) is 0 Å². The molecule has 26 heavy (non-hydrogen) atoms. The van der Waals surface area contributed by atoms with Crippen LogP contribution in [0.4, 0.5) is 5.69 Å². The van der Waals surface area contributed by atoms with Gasteiger partial charge in [-0.1, -0.05) is 30.3 Å². The number of ether oxygens (including phenoxy) is 2. The molecule has 0 spiro atoms. The number of amides is 1. The Morgan fingerprint density at radius 1 is 1.38 bits per heavy atom. The van der Waals surface area contributed by atoms with Gasteiger partial charge in [-0.25, -0.2) is 4.98 Å². The molecule has 1 aromatic carbocycles. The van der Waals surface area contributed by atoms with Gasteiger partial charge in [0.05, 0.1) is 29.7 Å². The van der Waals surface area contributed by atoms with Crippen molar-refractivity contribution in [2.45, 2.75) is 30.4 Å². The van der Waals surface area contributed by atoms with Crippen LogP contribution in [-0.4, -0.2) is 35.3 Å². The Bertz CT molecular complexity index is 828. The number of hydrogen-bond acceptors (Lipinski definition) is 6. The monoisotopic (exact) mass is 397 g/mol. The summed E-state index contributed by atoms with van der Waals surface area (Å²) in [6, 6.07) is 6.38. The first-order valence-corrected chi connectivity index (χ1v) is 9.12. The largest absolute Gasteiger partial charge is 0.495 e. The molecule has 0 saturated heterocycles. The predicted octanol–water partition coefficient (Wildman–Crippen LogP) is 3.09. The van der Waals surface area contributed by atoms with E-state index in [0.29, 0.717) is 33.7 Å². The minimum Gasteiger partial charge on any atom is -0.495 e. The molecule has 0 saturated carbocycles. The molecule has 1 amide bonds. The summed E-state index contributed by atoms with van der Waals surface area (Å²) < 4.78 is 10.1. The second-order valence-corrected chi connectivity index (χ2v) is 6.93. The van der Waals surface area contributed by atoms with E-state index in [2.05, 4.69) is 15.3 Å². The van der Waals surface area contributed by atoms with Gasteiger partial charge in [-0.3, -0.25) is 9.59 Å². The van der Waals surface area contributed by atoms with Crippen LogP contribution < -0.4 is 15.6 Å². The molecule has 1 heterocycles. The first-order chi connectivity index (χ1) is 12.5. The number of hydrogen-bond donors (Lipinski definition) is 2. The summed E-state index contributed by atoms with van der Waals surface area (Å²) in [7, 11) is 3.05. The molecule has 0 aliphatic rings. The Morgan fingerprint density at radius 2 is 2.15 bits per heavy atom. The molecule has 7 nitrogen and oxygen atoms in total. The Labute approximate surface area is 160 Å². The summed E-state index contributed by atoms with van der Waals surface area (Å²) in [5.74, 6) is 0.321. The van der Waals surface area contributed by atoms with Crippen LogP contribution in [0.5, 0.6) is 5.75 Å². The molecule has 0 aliphatic heterocycles. The number of rotatable bonds is 8. The second kappa shape index (κ2) is 9.61. The van der Waals surface area contributed by atoms with Crippen molar-refractivity contribution in [3.63, 3.8) is 0 Å². The fourth-order valence-electron chi connectivity index (χ4n) is 2.18. The average Bonchev–Trinajstić information content (AvgIpc) is 2.59. The van der Waals surface area contributed by atoms with Gasteiger partial charge in [-0.15, -0.1) is 0 Å². The van der Waals surface area contributed by atoms with E-state index in [1.54, 1.807) is 18.2 Å². The molecular formula is C17H20ClN3O4S. The zero-order chi connectivity index (χ0) is 19.1. The number of aromatic nitrogens is 2. The van der Waals surface area contributed by atoms with Gasteiger partial charge in [0.2, 0.25) is 5.91 Å². The molecule has 2 aromatic rings. The van der Waals surface area contributed by atoms with E-state index in [-0.39, 0.29) is 18.1 Å². The summed E-state index contributed by atoms with van der Waals surface area (Å²) in [5, 5.41) is 3.16. The van der Waals surface area contributed by atoms with Crippen molar-refractivity contribution in [2.24, 2.45) is 0 Å². The van der Waals surface area contributed by atoms with Crippen molar-refractivity contribution >= 4 is 35.0 Å². The zero-order valence-corrected chi connectivity index (χ0v) is 16.2. The van der Waals surface area contributed by atoms with Crippen molar-refractivity contribution in [1.82, 2.24) is 9.97 Å². The van der Waals surface area contributed by atoms with Crippen molar-refractivity contribution in [3.05, 3.63) is 45.3 Å². The van der Waals surface area contributed by atoms with Crippen LogP contribution in [0, 0.1) is 0 Å². The fraction of sp³-hybridized carbons (Fsp3) is 0.353. The van der Waals surface area contributed by atoms with Crippen LogP contribution in [0.15, 0.2) is 34.2 Å². The molecule has 0 fully saturated rings. The highest BCUT2D eigenvalue weighted by Crippen LogP contribution is 2.28. The number of H-pyrrole nitrogens is 1. The fourth-order valence-corrected chi connectivity index (χ4v) is 3.37. The predicted molar refractivity (Wildman–Crippen MR) is 102 cm³/mol. The summed E-state index contributed by atoms with van der Waals surface area (Å²) in [4.78, 5) is 31.2. The van der Waals surface area contributed by atoms with Crippen molar-refractivity contribution in [2.75, 3.05) is 19.5 Å². The van der Waals surface area contributed by atoms with E-state index in [1.807, 2.05) is 6.92 Å². The summed E-state index contributed by atoms with van der Waals surface area (Å²) in [6.07, 6.45) is 0.554. The minimum atomic E-state index is -0.433. The average molecular weight is 398 g/mol. The third kappa shape index (κ3) is 5.48. The quantitative estimate of drug-likeness (QED) is 0.525. The van der Waals surface area contributed by atoms with Gasteiger partial charge in [-0.05, 0) is 24.6 Å². The Balaban J connectivity index is 2.11. The SMILES string of the molecule is CCC(Sc1nc(COC)cc(=O)[nH]1)C(=O)Nc1ccc(OC)c(Cl)c1. The molecule has 0 radical (unpaired) electrons. The van der Waals surface area contributed by atoms with Gasteiger partial charge < -0.3 is 19.8 Å². The molecule has 1 atom stereocenters. The number of benzene rings is 1. The van der Waals surface area contributed by atoms with E-state index in [1.165, 1.54) is 32.0 Å². The molecule has 0 bridgehead atoms. The lowest BCUT2D eigenvalue weighted by atomic mass is 10.2. The van der Waals surface area contributed by atoms with Crippen LogP contribution in [0.25, 0.3) is 0 Å². The Kier molecular flexibility index (Phi) is 7.50. The Hall–Kier alpha value is -2.03. The number of carbonyl (C=O) groups excluding carboxylic acids is 1. The highest BCUT2D eigenvalue weighted by atomic mass is 35.5. The van der Waals surface area contributed by atoms with Crippen LogP contribution in [0.3, 0.4) is 0 Å². The molecule has 140 valence electrons. The van der Waals surface area contributed by atoms with E-state index >= 15 is 0 Å². The van der Waals surface area contributed by atoms with Crippen molar-refractivity contribution < 1.29 is 14.3 Å². The number of nitrogens with zero attached hydrogens (tertiary/aromatic N) is 1. The zero-order valence-electron chi connectivity index (χ0n) is 14.7. The lowest BCUT2D eigenvalue weighted by Crippen LogP contribution is -2.25. The molecule has 0 aliphatic carbocycles. The van der Waals surface area contributed by atoms with Gasteiger partial charge in [0.15, 0.2) is 5.16 Å². The first kappa shape index (κ1) is 20.3. The maximum atomic E-state index is 12.6. The standard InChI is InChI=1S/C17H20ClN3O4S/c1-4-14(26-17-20-11(9-24-2)8-15(22)21-17)16(23)19-10-5-6-13(25-3)12(18)7-10/h5-8,14H,4,9H2,1-3H3,(H,19,23)(H,20,21,22). The lowest BCUT2D eigenvalue weighted by Gasteiger charge is -2.15.